The van der Waals surface area contributed by atoms with E-state index in [-0.39, 0.29) is 184 Å². The van der Waals surface area contributed by atoms with Crippen molar-refractivity contribution in [3.05, 3.63) is 0 Å². The minimum absolute atomic E-state index is 0. The zero-order valence-corrected chi connectivity index (χ0v) is 15.7. The molecule has 0 unspecified atom stereocenters. The molecule has 0 saturated carbocycles. The molecule has 3 nitrogen and oxygen atoms in total. The Kier molecular flexibility index (Phi) is 352. The average molecular weight is 182 g/mol. The molecule has 0 amide bonds. The van der Waals surface area contributed by atoms with Gasteiger partial charge in [0.15, 0.2) is 0 Å². The average Bonchev–Trinajstić information content (AvgIpc) is 0. The fourth-order valence-corrected chi connectivity index (χ4v) is 0. The van der Waals surface area contributed by atoms with Gasteiger partial charge in [0.05, 0.1) is 0 Å². The van der Waals surface area contributed by atoms with Crippen LogP contribution < -0.4 is 162 Å². The molecular formula is H10K2Na2O3. The first-order valence-corrected chi connectivity index (χ1v) is 0. The summed E-state index contributed by atoms with van der Waals surface area (Å²) >= 11 is 0. The summed E-state index contributed by atoms with van der Waals surface area (Å²) in [6, 6.07) is 0. The molecule has 0 spiro atoms. The van der Waals surface area contributed by atoms with Crippen molar-refractivity contribution < 1.29 is 184 Å². The van der Waals surface area contributed by atoms with Crippen LogP contribution in [0.15, 0.2) is 0 Å². The maximum atomic E-state index is 0. The van der Waals surface area contributed by atoms with E-state index in [0.717, 1.165) is 0 Å². The molecule has 0 atom stereocenters. The number of hydrogen-bond acceptors (Lipinski definition) is 0. The van der Waals surface area contributed by atoms with Crippen molar-refractivity contribution in [3.8, 4) is 0 Å². The minimum Gasteiger partial charge on any atom is -1.00 e. The van der Waals surface area contributed by atoms with Gasteiger partial charge in [-0.25, -0.2) is 0 Å². The van der Waals surface area contributed by atoms with E-state index in [1.165, 1.54) is 0 Å². The summed E-state index contributed by atoms with van der Waals surface area (Å²) < 4.78 is 0. The summed E-state index contributed by atoms with van der Waals surface area (Å²) in [6.45, 7) is 0. The van der Waals surface area contributed by atoms with Gasteiger partial charge in [-0.2, -0.15) is 0 Å². The van der Waals surface area contributed by atoms with Crippen LogP contribution in [0.4, 0.5) is 0 Å². The van der Waals surface area contributed by atoms with Gasteiger partial charge in [0, 0.05) is 0 Å². The van der Waals surface area contributed by atoms with Gasteiger partial charge in [-0.3, -0.25) is 0 Å². The molecule has 7 heteroatoms. The monoisotopic (exact) mass is 182 g/mol. The van der Waals surface area contributed by atoms with Crippen molar-refractivity contribution in [2.24, 2.45) is 0 Å². The summed E-state index contributed by atoms with van der Waals surface area (Å²) in [4.78, 5) is 0. The van der Waals surface area contributed by atoms with Crippen LogP contribution in [0.3, 0.4) is 0 Å². The minimum atomic E-state index is 0. The van der Waals surface area contributed by atoms with Gasteiger partial charge < -0.3 is 22.1 Å². The summed E-state index contributed by atoms with van der Waals surface area (Å²) in [5.74, 6) is 0. The topological polar surface area (TPSA) is 94.5 Å². The fraction of sp³-hybridized carbons (Fsp3) is 0. The first-order chi connectivity index (χ1) is 0. The predicted octanol–water partition coefficient (Wildman–Crippen LogP) is -14.0. The van der Waals surface area contributed by atoms with E-state index in [9.17, 15) is 0 Å². The van der Waals surface area contributed by atoms with Crippen molar-refractivity contribution in [2.45, 2.75) is 0 Å². The Morgan fingerprint density at radius 2 is 0.571 bits per heavy atom. The van der Waals surface area contributed by atoms with Gasteiger partial charge in [0.1, 0.15) is 0 Å². The van der Waals surface area contributed by atoms with Crippen LogP contribution in [0.25, 0.3) is 0 Å². The Balaban J connectivity index is 0. The second-order valence-corrected chi connectivity index (χ2v) is 0. The molecule has 0 bridgehead atoms. The van der Waals surface area contributed by atoms with Crippen molar-refractivity contribution in [1.82, 2.24) is 0 Å². The maximum absolute atomic E-state index is 0. The molecule has 0 aliphatic carbocycles. The molecule has 0 aromatic rings. The third-order valence-electron chi connectivity index (χ3n) is 0. The smallest absolute Gasteiger partial charge is 1.00 e. The second-order valence-electron chi connectivity index (χ2n) is 0. The maximum Gasteiger partial charge on any atom is 1.00 e. The van der Waals surface area contributed by atoms with E-state index in [1.807, 2.05) is 0 Å². The molecule has 32 valence electrons. The van der Waals surface area contributed by atoms with Gasteiger partial charge in [-0.05, 0) is 0 Å². The van der Waals surface area contributed by atoms with E-state index in [2.05, 4.69) is 0 Å². The fourth-order valence-electron chi connectivity index (χ4n) is 0. The Bertz CT molecular complexity index is 21.3. The largest absolute Gasteiger partial charge is 1.00 e. The quantitative estimate of drug-likeness (QED) is 0.333. The van der Waals surface area contributed by atoms with Crippen molar-refractivity contribution in [3.63, 3.8) is 0 Å². The van der Waals surface area contributed by atoms with Gasteiger partial charge >= 0.3 is 162 Å². The molecule has 0 rings (SSSR count). The van der Waals surface area contributed by atoms with E-state index >= 15 is 0 Å². The molecule has 0 aromatic heterocycles. The van der Waals surface area contributed by atoms with Crippen LogP contribution in [-0.2, 0) is 0 Å². The summed E-state index contributed by atoms with van der Waals surface area (Å²) in [5.41, 5.74) is 0. The van der Waals surface area contributed by atoms with Crippen molar-refractivity contribution in [1.29, 1.82) is 0 Å². The zero-order chi connectivity index (χ0) is 0. The summed E-state index contributed by atoms with van der Waals surface area (Å²) in [6.07, 6.45) is 0. The normalized spacial score (nSPS) is 0. The van der Waals surface area contributed by atoms with Crippen LogP contribution >= 0.6 is 0 Å². The Morgan fingerprint density at radius 1 is 0.571 bits per heavy atom. The first-order valence-electron chi connectivity index (χ1n) is 0. The van der Waals surface area contributed by atoms with E-state index in [1.54, 1.807) is 0 Å². The molecule has 7 heavy (non-hydrogen) atoms. The Labute approximate surface area is 178 Å². The molecule has 0 aromatic carbocycles. The van der Waals surface area contributed by atoms with E-state index in [0.29, 0.717) is 0 Å². The van der Waals surface area contributed by atoms with Gasteiger partial charge in [0.25, 0.3) is 0 Å². The van der Waals surface area contributed by atoms with Gasteiger partial charge in [-0.1, -0.05) is 0 Å². The van der Waals surface area contributed by atoms with E-state index < -0.39 is 0 Å². The van der Waals surface area contributed by atoms with Crippen molar-refractivity contribution in [2.75, 3.05) is 0 Å². The number of rotatable bonds is 0. The van der Waals surface area contributed by atoms with Crippen LogP contribution in [0, 0.1) is 0 Å². The Morgan fingerprint density at radius 3 is 0.571 bits per heavy atom. The van der Waals surface area contributed by atoms with Crippen LogP contribution in [0.2, 0.25) is 0 Å². The molecular weight excluding hydrogens is 172 g/mol. The summed E-state index contributed by atoms with van der Waals surface area (Å²) in [5, 5.41) is 0. The predicted molar refractivity (Wildman–Crippen MR) is 15.3 cm³/mol. The molecule has 0 aliphatic heterocycles. The molecule has 0 saturated heterocycles. The second kappa shape index (κ2) is 43.3. The van der Waals surface area contributed by atoms with Crippen LogP contribution in [0.5, 0.6) is 0 Å². The molecule has 0 heterocycles. The SMILES string of the molecule is O.O.O.[H-].[H-].[H-].[H-].[K+].[K+].[Na+].[Na+]. The van der Waals surface area contributed by atoms with Crippen molar-refractivity contribution >= 4 is 0 Å². The standard InChI is InChI=1S/2K.2Na.3H2O.4H/h;;;;3*1H2;;;;/q4*+1;;;;4*-1. The molecule has 0 fully saturated rings. The van der Waals surface area contributed by atoms with Crippen LogP contribution in [0.1, 0.15) is 5.71 Å². The third-order valence-corrected chi connectivity index (χ3v) is 0. The Hall–Kier alpha value is 5.15. The van der Waals surface area contributed by atoms with Gasteiger partial charge in [-0.15, -0.1) is 0 Å². The number of hydrogen-bond donors (Lipinski definition) is 0. The first kappa shape index (κ1) is 56.9. The molecule has 0 radical (unpaired) electrons. The van der Waals surface area contributed by atoms with Crippen LogP contribution in [-0.4, -0.2) is 16.4 Å². The van der Waals surface area contributed by atoms with E-state index in [4.69, 9.17) is 0 Å². The zero-order valence-electron chi connectivity index (χ0n) is 9.50. The molecule has 0 aliphatic rings. The summed E-state index contributed by atoms with van der Waals surface area (Å²) in [7, 11) is 0. The third kappa shape index (κ3) is 35.2. The van der Waals surface area contributed by atoms with Gasteiger partial charge in [0.2, 0.25) is 0 Å². The molecule has 6 N–H and O–H groups in total.